The molecular formula is C31H34F3NO6. The minimum absolute atomic E-state index is 0.117. The third kappa shape index (κ3) is 10.8. The summed E-state index contributed by atoms with van der Waals surface area (Å²) >= 11 is 0. The van der Waals surface area contributed by atoms with Crippen LogP contribution in [0.4, 0.5) is 18.0 Å². The fourth-order valence-electron chi connectivity index (χ4n) is 4.10. The number of rotatable bonds is 15. The Morgan fingerprint density at radius 1 is 0.878 bits per heavy atom. The van der Waals surface area contributed by atoms with Crippen LogP contribution in [0.15, 0.2) is 78.9 Å². The van der Waals surface area contributed by atoms with E-state index in [-0.39, 0.29) is 31.9 Å². The van der Waals surface area contributed by atoms with Gasteiger partial charge >= 0.3 is 18.2 Å². The molecule has 0 aliphatic carbocycles. The summed E-state index contributed by atoms with van der Waals surface area (Å²) in [5.41, 5.74) is 1.04. The van der Waals surface area contributed by atoms with Crippen molar-refractivity contribution in [3.63, 3.8) is 0 Å². The summed E-state index contributed by atoms with van der Waals surface area (Å²) in [5.74, 6) is -0.706. The zero-order chi connectivity index (χ0) is 29.7. The van der Waals surface area contributed by atoms with Gasteiger partial charge in [-0.05, 0) is 67.6 Å². The maximum atomic E-state index is 13.1. The number of unbranched alkanes of at least 4 members (excludes halogenated alkanes) is 1. The second kappa shape index (κ2) is 15.7. The molecule has 7 nitrogen and oxygen atoms in total. The van der Waals surface area contributed by atoms with E-state index in [1.54, 1.807) is 31.2 Å². The molecule has 0 aromatic heterocycles. The molecule has 0 bridgehead atoms. The molecule has 1 atom stereocenters. The number of halogens is 3. The van der Waals surface area contributed by atoms with E-state index < -0.39 is 29.9 Å². The Hall–Kier alpha value is -4.05. The highest BCUT2D eigenvalue weighted by atomic mass is 19.4. The Morgan fingerprint density at radius 3 is 2.27 bits per heavy atom. The summed E-state index contributed by atoms with van der Waals surface area (Å²) < 4.78 is 55.6. The molecule has 220 valence electrons. The molecule has 0 aliphatic rings. The summed E-state index contributed by atoms with van der Waals surface area (Å²) in [4.78, 5) is 25.7. The highest BCUT2D eigenvalue weighted by Gasteiger charge is 2.31. The monoisotopic (exact) mass is 573 g/mol. The molecule has 0 fully saturated rings. The van der Waals surface area contributed by atoms with Crippen molar-refractivity contribution in [1.29, 1.82) is 0 Å². The topological polar surface area (TPSA) is 85.3 Å². The van der Waals surface area contributed by atoms with Crippen molar-refractivity contribution in [1.82, 2.24) is 4.90 Å². The van der Waals surface area contributed by atoms with Crippen molar-refractivity contribution < 1.29 is 42.1 Å². The van der Waals surface area contributed by atoms with Gasteiger partial charge in [-0.2, -0.15) is 13.2 Å². The minimum atomic E-state index is -4.56. The normalized spacial score (nSPS) is 12.0. The number of carbonyl (C=O) groups excluding carboxylic acids is 1. The van der Waals surface area contributed by atoms with E-state index in [0.717, 1.165) is 30.5 Å². The smallest absolute Gasteiger partial charge is 0.416 e. The highest BCUT2D eigenvalue weighted by Crippen LogP contribution is 2.31. The Kier molecular flexibility index (Phi) is 12.0. The van der Waals surface area contributed by atoms with Crippen LogP contribution in [0.1, 0.15) is 36.5 Å². The first-order valence-corrected chi connectivity index (χ1v) is 13.4. The van der Waals surface area contributed by atoms with Crippen molar-refractivity contribution in [2.75, 3.05) is 26.3 Å². The van der Waals surface area contributed by atoms with Crippen LogP contribution in [-0.2, 0) is 28.5 Å². The lowest BCUT2D eigenvalue weighted by molar-refractivity contribution is -0.150. The number of ether oxygens (including phenoxy) is 3. The van der Waals surface area contributed by atoms with Gasteiger partial charge in [-0.1, -0.05) is 48.5 Å². The summed E-state index contributed by atoms with van der Waals surface area (Å²) in [6, 6.07) is 21.0. The van der Waals surface area contributed by atoms with Gasteiger partial charge in [0.1, 0.15) is 18.1 Å². The Bertz CT molecular complexity index is 1230. The first-order chi connectivity index (χ1) is 19.7. The predicted molar refractivity (Wildman–Crippen MR) is 147 cm³/mol. The molecule has 0 saturated heterocycles. The second-order valence-electron chi connectivity index (χ2n) is 9.30. The number of aliphatic carboxylic acids is 1. The van der Waals surface area contributed by atoms with E-state index in [1.165, 1.54) is 22.6 Å². The largest absolute Gasteiger partial charge is 0.492 e. The summed E-state index contributed by atoms with van der Waals surface area (Å²) in [6.07, 6.45) is -3.76. The first-order valence-electron chi connectivity index (χ1n) is 13.4. The van der Waals surface area contributed by atoms with Gasteiger partial charge in [0.25, 0.3) is 0 Å². The van der Waals surface area contributed by atoms with E-state index >= 15 is 0 Å². The lowest BCUT2D eigenvalue weighted by atomic mass is 10.1. The molecule has 3 aromatic carbocycles. The van der Waals surface area contributed by atoms with Crippen molar-refractivity contribution in [3.05, 3.63) is 95.6 Å². The second-order valence-corrected chi connectivity index (χ2v) is 9.30. The molecule has 41 heavy (non-hydrogen) atoms. The zero-order valence-electron chi connectivity index (χ0n) is 22.8. The third-order valence-electron chi connectivity index (χ3n) is 6.23. The Morgan fingerprint density at radius 2 is 1.61 bits per heavy atom. The average Bonchev–Trinajstić information content (AvgIpc) is 2.95. The predicted octanol–water partition coefficient (Wildman–Crippen LogP) is 6.64. The quantitative estimate of drug-likeness (QED) is 0.205. The number of nitrogens with zero attached hydrogens (tertiary/aromatic N) is 1. The van der Waals surface area contributed by atoms with E-state index in [2.05, 4.69) is 0 Å². The highest BCUT2D eigenvalue weighted by molar-refractivity contribution is 5.72. The number of hydrogen-bond donors (Lipinski definition) is 1. The van der Waals surface area contributed by atoms with Crippen LogP contribution in [0.5, 0.6) is 11.5 Å². The van der Waals surface area contributed by atoms with E-state index in [4.69, 9.17) is 14.2 Å². The van der Waals surface area contributed by atoms with Crippen LogP contribution >= 0.6 is 0 Å². The van der Waals surface area contributed by atoms with Crippen LogP contribution in [0.2, 0.25) is 0 Å². The van der Waals surface area contributed by atoms with E-state index in [1.807, 2.05) is 30.3 Å². The maximum Gasteiger partial charge on any atom is 0.416 e. The lowest BCUT2D eigenvalue weighted by Gasteiger charge is -2.22. The number of aryl methyl sites for hydroxylation is 1. The van der Waals surface area contributed by atoms with Crippen LogP contribution in [0, 0.1) is 0 Å². The van der Waals surface area contributed by atoms with Crippen LogP contribution in [-0.4, -0.2) is 54.5 Å². The zero-order valence-corrected chi connectivity index (χ0v) is 22.8. The molecule has 1 unspecified atom stereocenters. The van der Waals surface area contributed by atoms with Crippen LogP contribution in [0.3, 0.4) is 0 Å². The van der Waals surface area contributed by atoms with Gasteiger partial charge in [0.15, 0.2) is 6.10 Å². The average molecular weight is 574 g/mol. The van der Waals surface area contributed by atoms with Gasteiger partial charge in [0.2, 0.25) is 0 Å². The number of carbonyl (C=O) groups is 2. The molecule has 3 rings (SSSR count). The molecule has 0 spiro atoms. The SMILES string of the molecule is CCOC(Cc1ccc(OCCN(CCCCc2ccccc2)C(=O)Oc2cccc(C(F)(F)F)c2)cc1)C(=O)O. The van der Waals surface area contributed by atoms with Gasteiger partial charge in [-0.25, -0.2) is 9.59 Å². The van der Waals surface area contributed by atoms with Crippen molar-refractivity contribution in [3.8, 4) is 11.5 Å². The molecule has 1 amide bonds. The fraction of sp³-hybridized carbons (Fsp3) is 0.355. The molecule has 1 N–H and O–H groups in total. The molecule has 10 heteroatoms. The summed E-state index contributed by atoms with van der Waals surface area (Å²) in [7, 11) is 0. The van der Waals surface area contributed by atoms with E-state index in [0.29, 0.717) is 18.7 Å². The van der Waals surface area contributed by atoms with Gasteiger partial charge in [0.05, 0.1) is 12.1 Å². The van der Waals surface area contributed by atoms with E-state index in [9.17, 15) is 27.9 Å². The molecule has 0 aliphatic heterocycles. The standard InChI is InChI=1S/C31H34F3NO6/c1-2-39-28(29(36)37)21-24-14-16-26(17-15-24)40-20-19-35(18-7-6-11-23-9-4-3-5-10-23)30(38)41-27-13-8-12-25(22-27)31(32,33)34/h3-5,8-10,12-17,22,28H,2,6-7,11,18-21H2,1H3,(H,36,37). The number of amides is 1. The Labute approximate surface area is 237 Å². The third-order valence-corrected chi connectivity index (χ3v) is 6.23. The van der Waals surface area contributed by atoms with Crippen molar-refractivity contribution >= 4 is 12.1 Å². The number of hydrogen-bond acceptors (Lipinski definition) is 5. The summed E-state index contributed by atoms with van der Waals surface area (Å²) in [5, 5.41) is 9.27. The molecule has 0 heterocycles. The van der Waals surface area contributed by atoms with Crippen LogP contribution in [0.25, 0.3) is 0 Å². The molecule has 0 radical (unpaired) electrons. The van der Waals surface area contributed by atoms with Gasteiger partial charge in [0, 0.05) is 19.6 Å². The Balaban J connectivity index is 1.58. The van der Waals surface area contributed by atoms with Crippen LogP contribution < -0.4 is 9.47 Å². The molecular weight excluding hydrogens is 539 g/mol. The molecule has 3 aromatic rings. The number of alkyl halides is 3. The van der Waals surface area contributed by atoms with Gasteiger partial charge in [-0.3, -0.25) is 0 Å². The molecule has 0 saturated carbocycles. The van der Waals surface area contributed by atoms with Gasteiger partial charge in [-0.15, -0.1) is 0 Å². The lowest BCUT2D eigenvalue weighted by Crippen LogP contribution is -2.37. The minimum Gasteiger partial charge on any atom is -0.492 e. The van der Waals surface area contributed by atoms with Crippen molar-refractivity contribution in [2.24, 2.45) is 0 Å². The first kappa shape index (κ1) is 31.5. The number of carboxylic acid groups (broad SMARTS) is 1. The number of benzene rings is 3. The van der Waals surface area contributed by atoms with Gasteiger partial charge < -0.3 is 24.2 Å². The fourth-order valence-corrected chi connectivity index (χ4v) is 4.10. The maximum absolute atomic E-state index is 13.1. The number of carboxylic acids is 1. The summed E-state index contributed by atoms with van der Waals surface area (Å²) in [6.45, 7) is 2.62. The van der Waals surface area contributed by atoms with Crippen molar-refractivity contribution in [2.45, 2.75) is 44.9 Å².